The number of thioether (sulfide) groups is 1. The van der Waals surface area contributed by atoms with Crippen LogP contribution in [0.4, 0.5) is 0 Å². The molecule has 38 heavy (non-hydrogen) atoms. The Morgan fingerprint density at radius 2 is 1.32 bits per heavy atom. The summed E-state index contributed by atoms with van der Waals surface area (Å²) in [5.74, 6) is -6.27. The molecule has 0 heterocycles. The van der Waals surface area contributed by atoms with Gasteiger partial charge in [-0.3, -0.25) is 24.0 Å². The highest BCUT2D eigenvalue weighted by Crippen LogP contribution is 2.23. The van der Waals surface area contributed by atoms with E-state index in [4.69, 9.17) is 4.74 Å². The first-order chi connectivity index (χ1) is 17.9. The van der Waals surface area contributed by atoms with Crippen molar-refractivity contribution in [2.45, 2.75) is 50.7 Å². The van der Waals surface area contributed by atoms with Crippen molar-refractivity contribution in [2.75, 3.05) is 0 Å². The first kappa shape index (κ1) is 30.0. The van der Waals surface area contributed by atoms with E-state index in [9.17, 15) is 39.0 Å². The topological polar surface area (TPSA) is 173 Å². The Labute approximate surface area is 222 Å². The fraction of sp³-hybridized carbons (Fsp3) is 0.308. The molecule has 0 aromatic heterocycles. The quantitative estimate of drug-likeness (QED) is 0.333. The summed E-state index contributed by atoms with van der Waals surface area (Å²) in [6, 6.07) is 15.5. The molecule has 0 unspecified atom stereocenters. The minimum absolute atomic E-state index is 0.0189. The van der Waals surface area contributed by atoms with Crippen LogP contribution in [0.3, 0.4) is 0 Å². The van der Waals surface area contributed by atoms with Crippen LogP contribution in [0.2, 0.25) is 0 Å². The van der Waals surface area contributed by atoms with Gasteiger partial charge in [-0.15, -0.1) is 0 Å². The van der Waals surface area contributed by atoms with Gasteiger partial charge >= 0.3 is 23.9 Å². The van der Waals surface area contributed by atoms with Gasteiger partial charge in [-0.1, -0.05) is 66.4 Å². The van der Waals surface area contributed by atoms with Crippen LogP contribution in [0.1, 0.15) is 26.3 Å². The summed E-state index contributed by atoms with van der Waals surface area (Å²) >= 11 is 0.487. The molecule has 2 rings (SSSR count). The van der Waals surface area contributed by atoms with Gasteiger partial charge in [-0.05, 0) is 30.0 Å². The van der Waals surface area contributed by atoms with Gasteiger partial charge in [0.2, 0.25) is 17.3 Å². The second-order valence-electron chi connectivity index (χ2n) is 8.16. The SMILES string of the molecule is CC(=O)O[C@H](C(=O)O)[C@H](OC(C)=O)C(=O)N[C@H](C)C(=O)S[C@H](Cc1ccc(-c2ccccc2)cc1)C(=O)O. The molecule has 0 bridgehead atoms. The summed E-state index contributed by atoms with van der Waals surface area (Å²) in [6.45, 7) is 3.08. The molecule has 0 aliphatic carbocycles. The summed E-state index contributed by atoms with van der Waals surface area (Å²) in [5.41, 5.74) is 2.61. The van der Waals surface area contributed by atoms with Gasteiger partial charge in [-0.25, -0.2) is 4.79 Å². The number of hydrogen-bond donors (Lipinski definition) is 3. The van der Waals surface area contributed by atoms with Crippen molar-refractivity contribution in [1.82, 2.24) is 5.32 Å². The standard InChI is InChI=1S/C26H27NO10S/c1-14(27-23(30)21(36-15(2)28)22(25(33)34)37-16(3)29)26(35)38-20(24(31)32)13-17-9-11-19(12-10-17)18-7-5-4-6-8-18/h4-12,14,20-22H,13H2,1-3H3,(H,27,30)(H,31,32)(H,33,34)/t14-,20-,21+,22+/m1/s1. The average molecular weight is 546 g/mol. The molecule has 0 spiro atoms. The van der Waals surface area contributed by atoms with Crippen LogP contribution >= 0.6 is 11.8 Å². The Bertz CT molecular complexity index is 1180. The zero-order valence-corrected chi connectivity index (χ0v) is 21.6. The largest absolute Gasteiger partial charge is 0.480 e. The van der Waals surface area contributed by atoms with Crippen LogP contribution in [-0.2, 0) is 44.7 Å². The summed E-state index contributed by atoms with van der Waals surface area (Å²) in [4.78, 5) is 71.4. The van der Waals surface area contributed by atoms with Crippen molar-refractivity contribution in [3.05, 3.63) is 60.2 Å². The first-order valence-electron chi connectivity index (χ1n) is 11.3. The number of rotatable bonds is 12. The van der Waals surface area contributed by atoms with E-state index in [2.05, 4.69) is 10.1 Å². The molecular weight excluding hydrogens is 518 g/mol. The van der Waals surface area contributed by atoms with E-state index in [1.54, 1.807) is 12.1 Å². The summed E-state index contributed by atoms with van der Waals surface area (Å²) in [7, 11) is 0. The van der Waals surface area contributed by atoms with Crippen LogP contribution < -0.4 is 5.32 Å². The van der Waals surface area contributed by atoms with E-state index < -0.39 is 58.4 Å². The molecule has 1 amide bonds. The number of carboxylic acids is 2. The van der Waals surface area contributed by atoms with E-state index in [1.165, 1.54) is 6.92 Å². The maximum absolute atomic E-state index is 12.7. The molecule has 2 aromatic carbocycles. The van der Waals surface area contributed by atoms with Crippen LogP contribution in [0, 0.1) is 0 Å². The van der Waals surface area contributed by atoms with Crippen LogP contribution in [0.5, 0.6) is 0 Å². The van der Waals surface area contributed by atoms with Gasteiger partial charge in [0, 0.05) is 13.8 Å². The number of ether oxygens (including phenoxy) is 2. The molecule has 0 saturated carbocycles. The second-order valence-corrected chi connectivity index (χ2v) is 9.37. The zero-order chi connectivity index (χ0) is 28.4. The zero-order valence-electron chi connectivity index (χ0n) is 20.8. The lowest BCUT2D eigenvalue weighted by atomic mass is 10.0. The maximum Gasteiger partial charge on any atom is 0.349 e. The van der Waals surface area contributed by atoms with Gasteiger partial charge in [0.05, 0.1) is 6.04 Å². The van der Waals surface area contributed by atoms with Crippen molar-refractivity contribution in [3.63, 3.8) is 0 Å². The third-order valence-corrected chi connectivity index (χ3v) is 6.33. The molecule has 0 aliphatic heterocycles. The smallest absolute Gasteiger partial charge is 0.349 e. The number of carboxylic acid groups (broad SMARTS) is 2. The summed E-state index contributed by atoms with van der Waals surface area (Å²) < 4.78 is 9.33. The summed E-state index contributed by atoms with van der Waals surface area (Å²) in [6.07, 6.45) is -4.21. The van der Waals surface area contributed by atoms with Crippen molar-refractivity contribution < 1.29 is 48.5 Å². The molecule has 3 N–H and O–H groups in total. The molecule has 202 valence electrons. The number of aliphatic carboxylic acids is 2. The highest BCUT2D eigenvalue weighted by molar-refractivity contribution is 8.14. The Hall–Kier alpha value is -4.19. The number of hydrogen-bond acceptors (Lipinski definition) is 9. The van der Waals surface area contributed by atoms with E-state index >= 15 is 0 Å². The Balaban J connectivity index is 2.08. The third kappa shape index (κ3) is 9.04. The predicted octanol–water partition coefficient (Wildman–Crippen LogP) is 2.06. The number of esters is 2. The Kier molecular flexibility index (Phi) is 11.0. The van der Waals surface area contributed by atoms with Gasteiger partial charge in [-0.2, -0.15) is 0 Å². The maximum atomic E-state index is 12.7. The lowest BCUT2D eigenvalue weighted by Gasteiger charge is -2.24. The summed E-state index contributed by atoms with van der Waals surface area (Å²) in [5, 5.41) is 19.3. The lowest BCUT2D eigenvalue weighted by molar-refractivity contribution is -0.180. The fourth-order valence-corrected chi connectivity index (χ4v) is 4.23. The number of nitrogens with one attached hydrogen (secondary N) is 1. The molecule has 2 aromatic rings. The number of carbonyl (C=O) groups excluding carboxylic acids is 4. The van der Waals surface area contributed by atoms with E-state index in [0.29, 0.717) is 17.3 Å². The molecule has 0 aliphatic rings. The Morgan fingerprint density at radius 3 is 1.82 bits per heavy atom. The van der Waals surface area contributed by atoms with Crippen molar-refractivity contribution in [3.8, 4) is 11.1 Å². The molecular formula is C26H27NO10S. The van der Waals surface area contributed by atoms with E-state index in [1.807, 2.05) is 42.5 Å². The van der Waals surface area contributed by atoms with Crippen molar-refractivity contribution in [2.24, 2.45) is 0 Å². The van der Waals surface area contributed by atoms with E-state index in [0.717, 1.165) is 25.0 Å². The fourth-order valence-electron chi connectivity index (χ4n) is 3.31. The predicted molar refractivity (Wildman–Crippen MR) is 136 cm³/mol. The molecule has 4 atom stereocenters. The number of benzene rings is 2. The third-order valence-electron chi connectivity index (χ3n) is 5.09. The highest BCUT2D eigenvalue weighted by Gasteiger charge is 2.40. The first-order valence-corrected chi connectivity index (χ1v) is 12.2. The van der Waals surface area contributed by atoms with Crippen LogP contribution in [0.15, 0.2) is 54.6 Å². The van der Waals surface area contributed by atoms with Gasteiger partial charge in [0.1, 0.15) is 5.25 Å². The van der Waals surface area contributed by atoms with Crippen LogP contribution in [0.25, 0.3) is 11.1 Å². The lowest BCUT2D eigenvalue weighted by Crippen LogP contribution is -2.52. The molecule has 11 nitrogen and oxygen atoms in total. The number of carbonyl (C=O) groups is 6. The van der Waals surface area contributed by atoms with Crippen LogP contribution in [-0.4, -0.2) is 68.6 Å². The average Bonchev–Trinajstić information content (AvgIpc) is 2.86. The van der Waals surface area contributed by atoms with Gasteiger partial charge in [0.25, 0.3) is 5.91 Å². The molecule has 0 radical (unpaired) electrons. The molecule has 0 saturated heterocycles. The normalized spacial score (nSPS) is 13.8. The minimum atomic E-state index is -2.16. The Morgan fingerprint density at radius 1 is 0.789 bits per heavy atom. The monoisotopic (exact) mass is 545 g/mol. The number of amides is 1. The van der Waals surface area contributed by atoms with Gasteiger partial charge in [0.15, 0.2) is 0 Å². The van der Waals surface area contributed by atoms with E-state index in [-0.39, 0.29) is 6.42 Å². The highest BCUT2D eigenvalue weighted by atomic mass is 32.2. The minimum Gasteiger partial charge on any atom is -0.480 e. The van der Waals surface area contributed by atoms with Crippen molar-refractivity contribution >= 4 is 46.7 Å². The van der Waals surface area contributed by atoms with Gasteiger partial charge < -0.3 is 25.0 Å². The van der Waals surface area contributed by atoms with Crippen molar-refractivity contribution in [1.29, 1.82) is 0 Å². The molecule has 0 fully saturated rings. The second kappa shape index (κ2) is 13.9. The molecule has 12 heteroatoms.